The minimum atomic E-state index is -0.414. The van der Waals surface area contributed by atoms with E-state index in [-0.39, 0.29) is 18.3 Å². The van der Waals surface area contributed by atoms with Gasteiger partial charge in [-0.3, -0.25) is 4.79 Å². The molecule has 0 aromatic heterocycles. The van der Waals surface area contributed by atoms with Crippen molar-refractivity contribution in [2.45, 2.75) is 19.5 Å². The first-order valence-electron chi connectivity index (χ1n) is 5.33. The number of terminal acetylenes is 1. The van der Waals surface area contributed by atoms with Crippen LogP contribution >= 0.6 is 0 Å². The average molecular weight is 234 g/mol. The van der Waals surface area contributed by atoms with Crippen LogP contribution in [-0.2, 0) is 11.3 Å². The number of hydrogen-bond acceptors (Lipinski definition) is 2. The maximum Gasteiger partial charge on any atom is 0.237 e. The van der Waals surface area contributed by atoms with E-state index >= 15 is 0 Å². The minimum absolute atomic E-state index is 0.195. The van der Waals surface area contributed by atoms with Crippen molar-refractivity contribution >= 4 is 5.91 Å². The van der Waals surface area contributed by atoms with E-state index in [1.165, 1.54) is 6.07 Å². The van der Waals surface area contributed by atoms with Gasteiger partial charge >= 0.3 is 0 Å². The van der Waals surface area contributed by atoms with Crippen molar-refractivity contribution < 1.29 is 9.18 Å². The normalized spacial score (nSPS) is 11.6. The van der Waals surface area contributed by atoms with E-state index in [2.05, 4.69) is 16.6 Å². The molecule has 4 heteroatoms. The van der Waals surface area contributed by atoms with Gasteiger partial charge in [-0.15, -0.1) is 6.42 Å². The summed E-state index contributed by atoms with van der Waals surface area (Å²) in [5.41, 5.74) is 0.532. The Balaban J connectivity index is 2.43. The number of carbonyl (C=O) groups is 1. The van der Waals surface area contributed by atoms with E-state index in [0.29, 0.717) is 12.1 Å². The van der Waals surface area contributed by atoms with E-state index in [4.69, 9.17) is 6.42 Å². The summed E-state index contributed by atoms with van der Waals surface area (Å²) in [5, 5.41) is 5.48. The lowest BCUT2D eigenvalue weighted by molar-refractivity contribution is -0.122. The van der Waals surface area contributed by atoms with Gasteiger partial charge in [-0.25, -0.2) is 4.39 Å². The predicted octanol–water partition coefficient (Wildman–Crippen LogP) is 1.05. The SMILES string of the molecule is C#CCNC(=O)C(C)NCc1ccccc1F. The molecule has 0 aliphatic heterocycles. The van der Waals surface area contributed by atoms with Gasteiger partial charge in [0, 0.05) is 12.1 Å². The van der Waals surface area contributed by atoms with Crippen molar-refractivity contribution in [1.29, 1.82) is 0 Å². The van der Waals surface area contributed by atoms with Gasteiger partial charge in [0.15, 0.2) is 0 Å². The highest BCUT2D eigenvalue weighted by atomic mass is 19.1. The Morgan fingerprint density at radius 2 is 2.24 bits per heavy atom. The topological polar surface area (TPSA) is 41.1 Å². The Hall–Kier alpha value is -1.86. The van der Waals surface area contributed by atoms with Gasteiger partial charge in [0.05, 0.1) is 12.6 Å². The highest BCUT2D eigenvalue weighted by Gasteiger charge is 2.11. The monoisotopic (exact) mass is 234 g/mol. The predicted molar refractivity (Wildman–Crippen MR) is 64.5 cm³/mol. The maximum absolute atomic E-state index is 13.3. The van der Waals surface area contributed by atoms with Crippen molar-refractivity contribution in [2.24, 2.45) is 0 Å². The van der Waals surface area contributed by atoms with E-state index in [9.17, 15) is 9.18 Å². The molecule has 90 valence electrons. The molecule has 3 nitrogen and oxygen atoms in total. The quantitative estimate of drug-likeness (QED) is 0.748. The van der Waals surface area contributed by atoms with Crippen molar-refractivity contribution in [3.05, 3.63) is 35.6 Å². The lowest BCUT2D eigenvalue weighted by atomic mass is 10.2. The van der Waals surface area contributed by atoms with Gasteiger partial charge in [0.2, 0.25) is 5.91 Å². The molecule has 1 aromatic carbocycles. The average Bonchev–Trinajstić information content (AvgIpc) is 2.34. The first-order chi connectivity index (χ1) is 8.15. The molecule has 0 saturated carbocycles. The van der Waals surface area contributed by atoms with Gasteiger partial charge in [-0.1, -0.05) is 24.1 Å². The van der Waals surface area contributed by atoms with Crippen LogP contribution < -0.4 is 10.6 Å². The lowest BCUT2D eigenvalue weighted by Crippen LogP contribution is -2.42. The maximum atomic E-state index is 13.3. The summed E-state index contributed by atoms with van der Waals surface area (Å²) >= 11 is 0. The Morgan fingerprint density at radius 3 is 2.88 bits per heavy atom. The molecule has 0 saturated heterocycles. The minimum Gasteiger partial charge on any atom is -0.344 e. The van der Waals surface area contributed by atoms with E-state index in [1.54, 1.807) is 25.1 Å². The molecule has 1 aromatic rings. The number of rotatable bonds is 5. The smallest absolute Gasteiger partial charge is 0.237 e. The molecule has 0 bridgehead atoms. The summed E-state index contributed by atoms with van der Waals surface area (Å²) in [6, 6.07) is 6.03. The number of hydrogen-bond donors (Lipinski definition) is 2. The van der Waals surface area contributed by atoms with Gasteiger partial charge in [-0.05, 0) is 13.0 Å². The summed E-state index contributed by atoms with van der Waals surface area (Å²) in [5.74, 6) is 1.84. The van der Waals surface area contributed by atoms with Gasteiger partial charge < -0.3 is 10.6 Å². The van der Waals surface area contributed by atoms with E-state index < -0.39 is 6.04 Å². The second kappa shape index (κ2) is 6.66. The van der Waals surface area contributed by atoms with Crippen molar-refractivity contribution in [3.8, 4) is 12.3 Å². The van der Waals surface area contributed by atoms with Gasteiger partial charge in [-0.2, -0.15) is 0 Å². The zero-order valence-electron chi connectivity index (χ0n) is 9.66. The molecule has 0 spiro atoms. The Bertz CT molecular complexity index is 426. The number of benzene rings is 1. The largest absolute Gasteiger partial charge is 0.344 e. The van der Waals surface area contributed by atoms with Crippen LogP contribution in [0.25, 0.3) is 0 Å². The van der Waals surface area contributed by atoms with Crippen LogP contribution in [0, 0.1) is 18.2 Å². The Labute approximate surface area is 100 Å². The van der Waals surface area contributed by atoms with Crippen LogP contribution in [0.1, 0.15) is 12.5 Å². The Morgan fingerprint density at radius 1 is 1.53 bits per heavy atom. The summed E-state index contributed by atoms with van der Waals surface area (Å²) in [4.78, 5) is 11.4. The van der Waals surface area contributed by atoms with Crippen molar-refractivity contribution in [3.63, 3.8) is 0 Å². The van der Waals surface area contributed by atoms with Crippen LogP contribution in [0.5, 0.6) is 0 Å². The van der Waals surface area contributed by atoms with Crippen molar-refractivity contribution in [1.82, 2.24) is 10.6 Å². The molecule has 1 amide bonds. The highest BCUT2D eigenvalue weighted by Crippen LogP contribution is 2.05. The fraction of sp³-hybridized carbons (Fsp3) is 0.308. The fourth-order valence-electron chi connectivity index (χ4n) is 1.29. The van der Waals surface area contributed by atoms with Gasteiger partial charge in [0.1, 0.15) is 5.82 Å². The lowest BCUT2D eigenvalue weighted by Gasteiger charge is -2.13. The molecule has 17 heavy (non-hydrogen) atoms. The molecular formula is C13H15FN2O. The summed E-state index contributed by atoms with van der Waals surface area (Å²) in [7, 11) is 0. The van der Waals surface area contributed by atoms with Crippen LogP contribution in [0.2, 0.25) is 0 Å². The zero-order chi connectivity index (χ0) is 12.7. The molecule has 1 rings (SSSR count). The summed E-state index contributed by atoms with van der Waals surface area (Å²) in [6.45, 7) is 2.20. The molecule has 0 aliphatic rings. The second-order valence-corrected chi connectivity index (χ2v) is 3.62. The third-order valence-corrected chi connectivity index (χ3v) is 2.31. The van der Waals surface area contributed by atoms with Gasteiger partial charge in [0.25, 0.3) is 0 Å². The van der Waals surface area contributed by atoms with Crippen LogP contribution in [0.15, 0.2) is 24.3 Å². The molecule has 0 heterocycles. The number of halogens is 1. The first-order valence-corrected chi connectivity index (χ1v) is 5.33. The second-order valence-electron chi connectivity index (χ2n) is 3.62. The molecule has 0 aliphatic carbocycles. The van der Waals surface area contributed by atoms with Crippen molar-refractivity contribution in [2.75, 3.05) is 6.54 Å². The molecule has 0 fully saturated rings. The van der Waals surface area contributed by atoms with Crippen LogP contribution in [0.3, 0.4) is 0 Å². The number of nitrogens with one attached hydrogen (secondary N) is 2. The highest BCUT2D eigenvalue weighted by molar-refractivity contribution is 5.81. The third kappa shape index (κ3) is 4.25. The first kappa shape index (κ1) is 13.2. The molecule has 0 radical (unpaired) electrons. The molecule has 1 unspecified atom stereocenters. The zero-order valence-corrected chi connectivity index (χ0v) is 9.66. The van der Waals surface area contributed by atoms with Crippen LogP contribution in [0.4, 0.5) is 4.39 Å². The van der Waals surface area contributed by atoms with E-state index in [1.807, 2.05) is 0 Å². The molecule has 2 N–H and O–H groups in total. The fourth-order valence-corrected chi connectivity index (χ4v) is 1.29. The Kier molecular flexibility index (Phi) is 5.18. The number of carbonyl (C=O) groups excluding carboxylic acids is 1. The molecular weight excluding hydrogens is 219 g/mol. The van der Waals surface area contributed by atoms with Crippen LogP contribution in [-0.4, -0.2) is 18.5 Å². The number of amides is 1. The third-order valence-electron chi connectivity index (χ3n) is 2.31. The summed E-state index contributed by atoms with van der Waals surface area (Å²) in [6.07, 6.45) is 5.03. The standard InChI is InChI=1S/C13H15FN2O/c1-3-8-15-13(17)10(2)16-9-11-6-4-5-7-12(11)14/h1,4-7,10,16H,8-9H2,2H3,(H,15,17). The van der Waals surface area contributed by atoms with E-state index in [0.717, 1.165) is 0 Å². The summed E-state index contributed by atoms with van der Waals surface area (Å²) < 4.78 is 13.3. The molecule has 1 atom stereocenters.